The maximum Gasteiger partial charge on any atom is 0.257 e. The van der Waals surface area contributed by atoms with Crippen LogP contribution in [0.25, 0.3) is 0 Å². The predicted molar refractivity (Wildman–Crippen MR) is 127 cm³/mol. The van der Waals surface area contributed by atoms with Crippen LogP contribution in [0.5, 0.6) is 5.75 Å². The first-order valence-corrected chi connectivity index (χ1v) is 11.5. The fraction of sp³-hybridized carbons (Fsp3) is 0.261. The molecule has 1 N–H and O–H groups in total. The number of rotatable bonds is 6. The van der Waals surface area contributed by atoms with Crippen LogP contribution >= 0.6 is 22.9 Å². The molecule has 32 heavy (non-hydrogen) atoms. The number of amides is 2. The third-order valence-corrected chi connectivity index (χ3v) is 6.41. The molecule has 4 rings (SSSR count). The predicted octanol–water partition coefficient (Wildman–Crippen LogP) is 3.95. The van der Waals surface area contributed by atoms with Crippen molar-refractivity contribution in [1.29, 1.82) is 0 Å². The molecule has 0 radical (unpaired) electrons. The Hall–Kier alpha value is -3.10. The van der Waals surface area contributed by atoms with Crippen LogP contribution < -0.4 is 15.0 Å². The molecule has 166 valence electrons. The lowest BCUT2D eigenvalue weighted by molar-refractivity contribution is -0.130. The second kappa shape index (κ2) is 10.0. The maximum atomic E-state index is 12.7. The van der Waals surface area contributed by atoms with Crippen molar-refractivity contribution in [3.8, 4) is 5.75 Å². The van der Waals surface area contributed by atoms with Crippen molar-refractivity contribution in [1.82, 2.24) is 9.88 Å². The van der Waals surface area contributed by atoms with Crippen molar-refractivity contribution in [2.24, 2.45) is 0 Å². The second-order valence-electron chi connectivity index (χ2n) is 7.32. The third kappa shape index (κ3) is 5.20. The summed E-state index contributed by atoms with van der Waals surface area (Å²) in [5.41, 5.74) is 2.16. The van der Waals surface area contributed by atoms with Crippen LogP contribution in [0.4, 0.5) is 10.8 Å². The van der Waals surface area contributed by atoms with Gasteiger partial charge < -0.3 is 14.5 Å². The summed E-state index contributed by atoms with van der Waals surface area (Å²) in [6.45, 7) is 2.73. The highest BCUT2D eigenvalue weighted by molar-refractivity contribution is 7.14. The van der Waals surface area contributed by atoms with Gasteiger partial charge in [0.15, 0.2) is 5.13 Å². The molecule has 1 fully saturated rings. The van der Waals surface area contributed by atoms with Gasteiger partial charge >= 0.3 is 0 Å². The van der Waals surface area contributed by atoms with Crippen LogP contribution in [-0.4, -0.2) is 55.0 Å². The molecule has 1 aliphatic rings. The number of para-hydroxylation sites is 1. The van der Waals surface area contributed by atoms with Gasteiger partial charge in [0.2, 0.25) is 5.91 Å². The van der Waals surface area contributed by atoms with E-state index in [1.165, 1.54) is 11.3 Å². The van der Waals surface area contributed by atoms with Crippen molar-refractivity contribution >= 4 is 45.6 Å². The summed E-state index contributed by atoms with van der Waals surface area (Å²) < 4.78 is 5.10. The van der Waals surface area contributed by atoms with E-state index < -0.39 is 0 Å². The molecular formula is C23H23ClN4O3S. The topological polar surface area (TPSA) is 74.8 Å². The van der Waals surface area contributed by atoms with Gasteiger partial charge in [0, 0.05) is 37.1 Å². The summed E-state index contributed by atoms with van der Waals surface area (Å²) in [4.78, 5) is 33.6. The fourth-order valence-corrected chi connectivity index (χ4v) is 4.49. The summed E-state index contributed by atoms with van der Waals surface area (Å²) in [5, 5.41) is 5.78. The molecule has 1 aromatic heterocycles. The van der Waals surface area contributed by atoms with Gasteiger partial charge in [-0.05, 0) is 36.4 Å². The van der Waals surface area contributed by atoms with E-state index in [1.54, 1.807) is 31.4 Å². The first-order chi connectivity index (χ1) is 15.5. The van der Waals surface area contributed by atoms with Crippen LogP contribution in [0, 0.1) is 0 Å². The van der Waals surface area contributed by atoms with Crippen LogP contribution in [0.3, 0.4) is 0 Å². The standard InChI is InChI=1S/C23H23ClN4O3S/c1-31-18-8-6-16(7-9-18)22(30)26-23-25-17(15-32-23)14-21(29)28-12-10-27(11-13-28)20-5-3-2-4-19(20)24/h2-9,15H,10-14H2,1H3,(H,25,26,30). The molecule has 1 aliphatic heterocycles. The van der Waals surface area contributed by atoms with E-state index >= 15 is 0 Å². The van der Waals surface area contributed by atoms with Gasteiger partial charge in [-0.1, -0.05) is 23.7 Å². The maximum absolute atomic E-state index is 12.7. The molecule has 2 amide bonds. The second-order valence-corrected chi connectivity index (χ2v) is 8.59. The van der Waals surface area contributed by atoms with E-state index in [1.807, 2.05) is 34.5 Å². The minimum Gasteiger partial charge on any atom is -0.497 e. The zero-order valence-corrected chi connectivity index (χ0v) is 19.2. The van der Waals surface area contributed by atoms with Crippen molar-refractivity contribution in [3.63, 3.8) is 0 Å². The fourth-order valence-electron chi connectivity index (χ4n) is 3.53. The Labute approximate surface area is 195 Å². The molecule has 2 aromatic carbocycles. The quantitative estimate of drug-likeness (QED) is 0.590. The largest absolute Gasteiger partial charge is 0.497 e. The Bertz CT molecular complexity index is 1090. The third-order valence-electron chi connectivity index (χ3n) is 5.28. The molecule has 0 unspecified atom stereocenters. The minimum absolute atomic E-state index is 0.0298. The van der Waals surface area contributed by atoms with E-state index in [9.17, 15) is 9.59 Å². The lowest BCUT2D eigenvalue weighted by Crippen LogP contribution is -2.49. The highest BCUT2D eigenvalue weighted by atomic mass is 35.5. The number of carbonyl (C=O) groups is 2. The lowest BCUT2D eigenvalue weighted by Gasteiger charge is -2.36. The first-order valence-electron chi connectivity index (χ1n) is 10.2. The normalized spacial score (nSPS) is 13.7. The molecule has 0 spiro atoms. The van der Waals surface area contributed by atoms with Gasteiger partial charge in [0.05, 0.1) is 29.9 Å². The Balaban J connectivity index is 1.29. The number of halogens is 1. The SMILES string of the molecule is COc1ccc(C(=O)Nc2nc(CC(=O)N3CCN(c4ccccc4Cl)CC3)cs2)cc1. The highest BCUT2D eigenvalue weighted by Crippen LogP contribution is 2.26. The van der Waals surface area contributed by atoms with Gasteiger partial charge in [-0.15, -0.1) is 11.3 Å². The van der Waals surface area contributed by atoms with E-state index in [4.69, 9.17) is 16.3 Å². The molecule has 0 saturated carbocycles. The molecule has 9 heteroatoms. The van der Waals surface area contributed by atoms with E-state index in [0.29, 0.717) is 35.2 Å². The number of aromatic nitrogens is 1. The summed E-state index contributed by atoms with van der Waals surface area (Å²) >= 11 is 7.60. The van der Waals surface area contributed by atoms with E-state index in [2.05, 4.69) is 15.2 Å². The average Bonchev–Trinajstić information content (AvgIpc) is 3.26. The highest BCUT2D eigenvalue weighted by Gasteiger charge is 2.23. The van der Waals surface area contributed by atoms with Crippen molar-refractivity contribution in [2.45, 2.75) is 6.42 Å². The van der Waals surface area contributed by atoms with Gasteiger partial charge in [0.25, 0.3) is 5.91 Å². The molecule has 2 heterocycles. The summed E-state index contributed by atoms with van der Waals surface area (Å²) in [5.74, 6) is 0.460. The average molecular weight is 471 g/mol. The summed E-state index contributed by atoms with van der Waals surface area (Å²) in [6.07, 6.45) is 0.209. The first kappa shape index (κ1) is 22.1. The van der Waals surface area contributed by atoms with Crippen LogP contribution in [0.15, 0.2) is 53.9 Å². The number of nitrogens with one attached hydrogen (secondary N) is 1. The number of ether oxygens (including phenoxy) is 1. The molecule has 1 saturated heterocycles. The zero-order valence-electron chi connectivity index (χ0n) is 17.6. The Morgan fingerprint density at radius 1 is 1.09 bits per heavy atom. The number of carbonyl (C=O) groups excluding carboxylic acids is 2. The molecular weight excluding hydrogens is 448 g/mol. The Morgan fingerprint density at radius 2 is 1.81 bits per heavy atom. The zero-order chi connectivity index (χ0) is 22.5. The van der Waals surface area contributed by atoms with Crippen molar-refractivity contribution in [3.05, 3.63) is 70.2 Å². The summed E-state index contributed by atoms with van der Waals surface area (Å²) in [6, 6.07) is 14.6. The number of piperazine rings is 1. The molecule has 7 nitrogen and oxygen atoms in total. The van der Waals surface area contributed by atoms with E-state index in [-0.39, 0.29) is 18.2 Å². The molecule has 3 aromatic rings. The molecule has 0 atom stereocenters. The number of hydrogen-bond donors (Lipinski definition) is 1. The van der Waals surface area contributed by atoms with Gasteiger partial charge in [-0.2, -0.15) is 0 Å². The number of benzene rings is 2. The summed E-state index contributed by atoms with van der Waals surface area (Å²) in [7, 11) is 1.58. The van der Waals surface area contributed by atoms with E-state index in [0.717, 1.165) is 23.8 Å². The number of nitrogens with zero attached hydrogens (tertiary/aromatic N) is 3. The van der Waals surface area contributed by atoms with Crippen molar-refractivity contribution in [2.75, 3.05) is 43.5 Å². The smallest absolute Gasteiger partial charge is 0.257 e. The Morgan fingerprint density at radius 3 is 2.50 bits per heavy atom. The number of methoxy groups -OCH3 is 1. The Kier molecular flexibility index (Phi) is 6.92. The van der Waals surface area contributed by atoms with Gasteiger partial charge in [-0.3, -0.25) is 14.9 Å². The van der Waals surface area contributed by atoms with Crippen LogP contribution in [-0.2, 0) is 11.2 Å². The molecule has 0 bridgehead atoms. The minimum atomic E-state index is -0.254. The van der Waals surface area contributed by atoms with Crippen LogP contribution in [0.2, 0.25) is 5.02 Å². The van der Waals surface area contributed by atoms with Crippen LogP contribution in [0.1, 0.15) is 16.1 Å². The number of hydrogen-bond acceptors (Lipinski definition) is 6. The molecule has 0 aliphatic carbocycles. The van der Waals surface area contributed by atoms with Crippen molar-refractivity contribution < 1.29 is 14.3 Å². The number of anilines is 2. The monoisotopic (exact) mass is 470 g/mol. The lowest BCUT2D eigenvalue weighted by atomic mass is 10.2. The van der Waals surface area contributed by atoms with Gasteiger partial charge in [-0.25, -0.2) is 4.98 Å². The van der Waals surface area contributed by atoms with Gasteiger partial charge in [0.1, 0.15) is 5.75 Å². The number of thiazole rings is 1.